The van der Waals surface area contributed by atoms with E-state index in [1.807, 2.05) is 0 Å². The predicted molar refractivity (Wildman–Crippen MR) is 192 cm³/mol. The third-order valence-electron chi connectivity index (χ3n) is 12.0. The molecule has 0 radical (unpaired) electrons. The molecule has 2 saturated carbocycles. The fourth-order valence-corrected chi connectivity index (χ4v) is 8.41. The minimum Gasteiger partial charge on any atom is -0.462 e. The Kier molecular flexibility index (Phi) is 17.4. The van der Waals surface area contributed by atoms with Crippen molar-refractivity contribution in [2.24, 2.45) is 23.7 Å². The van der Waals surface area contributed by atoms with Crippen LogP contribution in [0.4, 0.5) is 0 Å². The standard InChI is InChI=1S/C12H22O2.C11H18O2.C10H16O2.C8H14O2/c1-4-5-6-10(9(2)3)11-7-8-12(13)14-11;1-2-9-3-6-11(7-4-9)8-5-10(12)13-11;1-8-2-5-10(6-3-8)7-4-9(11)12-10;1-2-3-4-7-5-6-8(9)10-7/h9-11H,4-8H2,1-3H3;9H,2-8H2,1H3;8H,2-7H2,1H3;7H,2-6H2,1H3. The van der Waals surface area contributed by atoms with E-state index in [1.165, 1.54) is 64.2 Å². The van der Waals surface area contributed by atoms with Crippen molar-refractivity contribution in [3.8, 4) is 0 Å². The number of ether oxygens (including phenoxy) is 4. The average molecular weight is 691 g/mol. The summed E-state index contributed by atoms with van der Waals surface area (Å²) in [7, 11) is 0. The maximum absolute atomic E-state index is 11.0. The van der Waals surface area contributed by atoms with Crippen molar-refractivity contribution in [1.82, 2.24) is 0 Å². The second kappa shape index (κ2) is 20.7. The highest BCUT2D eigenvalue weighted by molar-refractivity contribution is 5.73. The quantitative estimate of drug-likeness (QED) is 0.174. The minimum absolute atomic E-state index is 0.00264. The molecule has 2 spiro atoms. The summed E-state index contributed by atoms with van der Waals surface area (Å²) in [5.41, 5.74) is -0.0493. The zero-order chi connectivity index (χ0) is 35.9. The minimum atomic E-state index is -0.0250. The number of rotatable bonds is 9. The Morgan fingerprint density at radius 2 is 1.16 bits per heavy atom. The van der Waals surface area contributed by atoms with Gasteiger partial charge in [0.2, 0.25) is 0 Å². The van der Waals surface area contributed by atoms with Crippen LogP contribution in [-0.2, 0) is 38.1 Å². The van der Waals surface area contributed by atoms with Gasteiger partial charge in [-0.25, -0.2) is 0 Å². The molecule has 0 amide bonds. The Bertz CT molecular complexity index is 1020. The van der Waals surface area contributed by atoms with Gasteiger partial charge in [-0.05, 0) is 114 Å². The van der Waals surface area contributed by atoms with Gasteiger partial charge in [-0.15, -0.1) is 0 Å². The van der Waals surface area contributed by atoms with Crippen LogP contribution in [0, 0.1) is 23.7 Å². The molecule has 3 unspecified atom stereocenters. The van der Waals surface area contributed by atoms with Crippen molar-refractivity contribution >= 4 is 23.9 Å². The Morgan fingerprint density at radius 1 is 0.633 bits per heavy atom. The lowest BCUT2D eigenvalue weighted by atomic mass is 9.76. The van der Waals surface area contributed by atoms with Crippen LogP contribution >= 0.6 is 0 Å². The van der Waals surface area contributed by atoms with Crippen LogP contribution in [0.25, 0.3) is 0 Å². The zero-order valence-corrected chi connectivity index (χ0v) is 32.0. The van der Waals surface area contributed by atoms with E-state index in [0.717, 1.165) is 69.6 Å². The molecule has 6 fully saturated rings. The van der Waals surface area contributed by atoms with Gasteiger partial charge in [0.25, 0.3) is 0 Å². The number of unbranched alkanes of at least 4 members (excludes halogenated alkanes) is 2. The lowest BCUT2D eigenvalue weighted by Crippen LogP contribution is -2.33. The van der Waals surface area contributed by atoms with E-state index in [2.05, 4.69) is 41.5 Å². The molecule has 6 rings (SSSR count). The molecule has 0 aromatic carbocycles. The van der Waals surface area contributed by atoms with Gasteiger partial charge in [0.15, 0.2) is 0 Å². The fraction of sp³-hybridized carbons (Fsp3) is 0.902. The van der Waals surface area contributed by atoms with Crippen LogP contribution in [0.5, 0.6) is 0 Å². The molecular formula is C41H70O8. The maximum atomic E-state index is 11.0. The normalized spacial score (nSPS) is 32.6. The van der Waals surface area contributed by atoms with E-state index >= 15 is 0 Å². The highest BCUT2D eigenvalue weighted by Crippen LogP contribution is 2.43. The molecule has 0 aromatic rings. The van der Waals surface area contributed by atoms with E-state index in [1.54, 1.807) is 0 Å². The van der Waals surface area contributed by atoms with Crippen LogP contribution < -0.4 is 0 Å². The molecule has 282 valence electrons. The van der Waals surface area contributed by atoms with Crippen LogP contribution in [0.3, 0.4) is 0 Å². The molecule has 4 heterocycles. The Hall–Kier alpha value is -2.12. The van der Waals surface area contributed by atoms with E-state index in [0.29, 0.717) is 37.5 Å². The summed E-state index contributed by atoms with van der Waals surface area (Å²) in [4.78, 5) is 43.6. The lowest BCUT2D eigenvalue weighted by Gasteiger charge is -2.35. The van der Waals surface area contributed by atoms with E-state index < -0.39 is 0 Å². The molecular weight excluding hydrogens is 620 g/mol. The number of esters is 4. The molecule has 4 saturated heterocycles. The van der Waals surface area contributed by atoms with Crippen molar-refractivity contribution in [2.45, 2.75) is 213 Å². The summed E-state index contributed by atoms with van der Waals surface area (Å²) in [6.07, 6.45) is 24.6. The lowest BCUT2D eigenvalue weighted by molar-refractivity contribution is -0.152. The summed E-state index contributed by atoms with van der Waals surface area (Å²) in [6, 6.07) is 0. The second-order valence-corrected chi connectivity index (χ2v) is 16.3. The molecule has 0 N–H and O–H groups in total. The SMILES string of the molecule is CC1CCC2(CCC(=O)O2)CC1.CCC1CCC2(CCC(=O)O2)CC1.CCCCC(C(C)C)C1CCC(=O)O1.CCCCC1CCC(=O)O1. The van der Waals surface area contributed by atoms with Crippen molar-refractivity contribution in [3.63, 3.8) is 0 Å². The van der Waals surface area contributed by atoms with Crippen LogP contribution in [0.1, 0.15) is 189 Å². The molecule has 3 atom stereocenters. The van der Waals surface area contributed by atoms with Crippen molar-refractivity contribution in [2.75, 3.05) is 0 Å². The Morgan fingerprint density at radius 3 is 1.57 bits per heavy atom. The van der Waals surface area contributed by atoms with Crippen LogP contribution in [-0.4, -0.2) is 47.3 Å². The molecule has 8 heteroatoms. The van der Waals surface area contributed by atoms with Crippen molar-refractivity contribution in [3.05, 3.63) is 0 Å². The first-order valence-electron chi connectivity index (χ1n) is 20.2. The summed E-state index contributed by atoms with van der Waals surface area (Å²) in [6.45, 7) is 13.3. The smallest absolute Gasteiger partial charge is 0.306 e. The third kappa shape index (κ3) is 13.8. The maximum Gasteiger partial charge on any atom is 0.306 e. The summed E-state index contributed by atoms with van der Waals surface area (Å²) in [5, 5.41) is 0. The van der Waals surface area contributed by atoms with Crippen LogP contribution in [0.2, 0.25) is 0 Å². The summed E-state index contributed by atoms with van der Waals surface area (Å²) >= 11 is 0. The number of cyclic esters (lactones) is 2. The van der Waals surface area contributed by atoms with Gasteiger partial charge in [-0.3, -0.25) is 19.2 Å². The third-order valence-corrected chi connectivity index (χ3v) is 12.0. The first kappa shape index (κ1) is 41.3. The largest absolute Gasteiger partial charge is 0.462 e. The Balaban J connectivity index is 0.000000178. The summed E-state index contributed by atoms with van der Waals surface area (Å²) in [5.74, 6) is 2.93. The Labute approximate surface area is 297 Å². The van der Waals surface area contributed by atoms with E-state index in [4.69, 9.17) is 18.9 Å². The molecule has 49 heavy (non-hydrogen) atoms. The molecule has 6 aliphatic rings. The highest BCUT2D eigenvalue weighted by Gasteiger charge is 2.43. The number of hydrogen-bond donors (Lipinski definition) is 0. The van der Waals surface area contributed by atoms with Gasteiger partial charge >= 0.3 is 23.9 Å². The number of carbonyl (C=O) groups excluding carboxylic acids is 4. The van der Waals surface area contributed by atoms with Gasteiger partial charge < -0.3 is 18.9 Å². The topological polar surface area (TPSA) is 105 Å². The van der Waals surface area contributed by atoms with Crippen molar-refractivity contribution < 1.29 is 38.1 Å². The van der Waals surface area contributed by atoms with Gasteiger partial charge in [0, 0.05) is 25.7 Å². The van der Waals surface area contributed by atoms with Crippen molar-refractivity contribution in [1.29, 1.82) is 0 Å². The van der Waals surface area contributed by atoms with Gasteiger partial charge in [-0.2, -0.15) is 0 Å². The van der Waals surface area contributed by atoms with Gasteiger partial charge in [0.1, 0.15) is 23.4 Å². The fourth-order valence-electron chi connectivity index (χ4n) is 8.41. The monoisotopic (exact) mass is 691 g/mol. The molecule has 4 aliphatic heterocycles. The highest BCUT2D eigenvalue weighted by atomic mass is 16.6. The first-order chi connectivity index (χ1) is 23.4. The zero-order valence-electron chi connectivity index (χ0n) is 32.0. The summed E-state index contributed by atoms with van der Waals surface area (Å²) < 4.78 is 21.2. The number of carbonyl (C=O) groups is 4. The van der Waals surface area contributed by atoms with E-state index in [9.17, 15) is 19.2 Å². The number of hydrogen-bond acceptors (Lipinski definition) is 8. The first-order valence-corrected chi connectivity index (χ1v) is 20.2. The second-order valence-electron chi connectivity index (χ2n) is 16.3. The van der Waals surface area contributed by atoms with Gasteiger partial charge in [-0.1, -0.05) is 73.6 Å². The molecule has 8 nitrogen and oxygen atoms in total. The molecule has 0 bridgehead atoms. The predicted octanol–water partition coefficient (Wildman–Crippen LogP) is 9.97. The molecule has 2 aliphatic carbocycles. The van der Waals surface area contributed by atoms with Crippen LogP contribution in [0.15, 0.2) is 0 Å². The van der Waals surface area contributed by atoms with E-state index in [-0.39, 0.29) is 47.3 Å². The average Bonchev–Trinajstić information content (AvgIpc) is 3.88. The molecule has 0 aromatic heterocycles. The van der Waals surface area contributed by atoms with Gasteiger partial charge in [0.05, 0.1) is 0 Å².